The smallest absolute Gasteiger partial charge is 0.128 e. The Labute approximate surface area is 132 Å². The minimum absolute atomic E-state index is 0.830. The number of benzene rings is 3. The predicted octanol–water partition coefficient (Wildman–Crippen LogP) is 5.11. The number of ether oxygens (including phenoxy) is 1. The zero-order valence-corrected chi connectivity index (χ0v) is 13.4. The maximum absolute atomic E-state index is 5.95. The summed E-state index contributed by atoms with van der Waals surface area (Å²) in [5, 5.41) is 5.54. The monoisotopic (exact) mass is 341 g/mol. The van der Waals surface area contributed by atoms with Crippen LogP contribution in [0.15, 0.2) is 65.1 Å². The van der Waals surface area contributed by atoms with E-state index in [0.717, 1.165) is 22.5 Å². The third-order valence-corrected chi connectivity index (χ3v) is 4.09. The van der Waals surface area contributed by atoms with E-state index in [1.165, 1.54) is 16.3 Å². The van der Waals surface area contributed by atoms with Crippen LogP contribution in [0.5, 0.6) is 11.5 Å². The van der Waals surface area contributed by atoms with E-state index in [0.29, 0.717) is 0 Å². The van der Waals surface area contributed by atoms with Gasteiger partial charge in [-0.05, 0) is 47.6 Å². The minimum Gasteiger partial charge on any atom is -0.457 e. The SMILES string of the molecule is CNCc1ccc(Oc2ccc3ccccc3c2)cc1Br. The molecule has 0 saturated carbocycles. The molecule has 106 valence electrons. The van der Waals surface area contributed by atoms with E-state index in [2.05, 4.69) is 51.6 Å². The lowest BCUT2D eigenvalue weighted by atomic mass is 10.1. The highest BCUT2D eigenvalue weighted by molar-refractivity contribution is 9.10. The highest BCUT2D eigenvalue weighted by Gasteiger charge is 2.03. The molecule has 0 bridgehead atoms. The van der Waals surface area contributed by atoms with Gasteiger partial charge in [0.05, 0.1) is 0 Å². The van der Waals surface area contributed by atoms with Crippen molar-refractivity contribution in [3.63, 3.8) is 0 Å². The number of halogens is 1. The summed E-state index contributed by atoms with van der Waals surface area (Å²) in [5.41, 5.74) is 1.21. The molecule has 0 unspecified atom stereocenters. The van der Waals surface area contributed by atoms with Crippen LogP contribution in [0.25, 0.3) is 10.8 Å². The van der Waals surface area contributed by atoms with Crippen LogP contribution in [0.4, 0.5) is 0 Å². The largest absolute Gasteiger partial charge is 0.457 e. The van der Waals surface area contributed by atoms with Crippen molar-refractivity contribution in [2.75, 3.05) is 7.05 Å². The van der Waals surface area contributed by atoms with Crippen molar-refractivity contribution in [1.29, 1.82) is 0 Å². The van der Waals surface area contributed by atoms with Crippen LogP contribution < -0.4 is 10.1 Å². The van der Waals surface area contributed by atoms with Crippen molar-refractivity contribution in [2.24, 2.45) is 0 Å². The molecule has 3 aromatic carbocycles. The Morgan fingerprint density at radius 3 is 2.38 bits per heavy atom. The minimum atomic E-state index is 0.830. The van der Waals surface area contributed by atoms with Crippen LogP contribution in [0.1, 0.15) is 5.56 Å². The zero-order chi connectivity index (χ0) is 14.7. The molecular weight excluding hydrogens is 326 g/mol. The summed E-state index contributed by atoms with van der Waals surface area (Å²) in [6.07, 6.45) is 0. The lowest BCUT2D eigenvalue weighted by molar-refractivity contribution is 0.483. The van der Waals surface area contributed by atoms with Gasteiger partial charge in [-0.1, -0.05) is 52.3 Å². The molecule has 0 amide bonds. The lowest BCUT2D eigenvalue weighted by Crippen LogP contribution is -2.05. The Balaban J connectivity index is 1.86. The van der Waals surface area contributed by atoms with Crippen molar-refractivity contribution in [3.05, 3.63) is 70.7 Å². The van der Waals surface area contributed by atoms with Gasteiger partial charge in [0, 0.05) is 11.0 Å². The fourth-order valence-corrected chi connectivity index (χ4v) is 2.79. The van der Waals surface area contributed by atoms with Crippen LogP contribution in [-0.4, -0.2) is 7.05 Å². The first-order valence-corrected chi connectivity index (χ1v) is 7.65. The Bertz CT molecular complexity index is 770. The summed E-state index contributed by atoms with van der Waals surface area (Å²) in [7, 11) is 1.94. The molecule has 1 N–H and O–H groups in total. The van der Waals surface area contributed by atoms with Gasteiger partial charge in [0.25, 0.3) is 0 Å². The summed E-state index contributed by atoms with van der Waals surface area (Å²) in [4.78, 5) is 0. The van der Waals surface area contributed by atoms with Gasteiger partial charge in [-0.3, -0.25) is 0 Å². The Kier molecular flexibility index (Phi) is 4.23. The first-order valence-electron chi connectivity index (χ1n) is 6.86. The van der Waals surface area contributed by atoms with Gasteiger partial charge in [0.15, 0.2) is 0 Å². The van der Waals surface area contributed by atoms with Crippen molar-refractivity contribution in [3.8, 4) is 11.5 Å². The summed E-state index contributed by atoms with van der Waals surface area (Å²) in [6, 6.07) is 20.5. The summed E-state index contributed by atoms with van der Waals surface area (Å²) >= 11 is 3.58. The van der Waals surface area contributed by atoms with Gasteiger partial charge in [0.1, 0.15) is 11.5 Å². The molecule has 0 saturated heterocycles. The fourth-order valence-electron chi connectivity index (χ4n) is 2.29. The lowest BCUT2D eigenvalue weighted by Gasteiger charge is -2.09. The molecule has 0 aliphatic rings. The average molecular weight is 342 g/mol. The molecule has 0 radical (unpaired) electrons. The maximum atomic E-state index is 5.95. The molecule has 0 fully saturated rings. The van der Waals surface area contributed by atoms with E-state index in [4.69, 9.17) is 4.74 Å². The first-order chi connectivity index (χ1) is 10.3. The molecule has 0 heterocycles. The van der Waals surface area contributed by atoms with Gasteiger partial charge >= 0.3 is 0 Å². The van der Waals surface area contributed by atoms with Crippen molar-refractivity contribution >= 4 is 26.7 Å². The Morgan fingerprint density at radius 1 is 0.905 bits per heavy atom. The number of nitrogens with one attached hydrogen (secondary N) is 1. The number of hydrogen-bond acceptors (Lipinski definition) is 2. The quantitative estimate of drug-likeness (QED) is 0.711. The van der Waals surface area contributed by atoms with E-state index in [1.807, 2.05) is 37.4 Å². The third-order valence-electron chi connectivity index (χ3n) is 3.35. The zero-order valence-electron chi connectivity index (χ0n) is 11.8. The van der Waals surface area contributed by atoms with Crippen LogP contribution in [0.3, 0.4) is 0 Å². The molecule has 3 heteroatoms. The first kappa shape index (κ1) is 14.1. The van der Waals surface area contributed by atoms with Crippen LogP contribution in [0, 0.1) is 0 Å². The molecule has 3 aromatic rings. The van der Waals surface area contributed by atoms with Crippen molar-refractivity contribution in [1.82, 2.24) is 5.32 Å². The second-order valence-corrected chi connectivity index (χ2v) is 5.75. The third kappa shape index (κ3) is 3.26. The van der Waals surface area contributed by atoms with E-state index in [9.17, 15) is 0 Å². The maximum Gasteiger partial charge on any atom is 0.128 e. The molecule has 0 aromatic heterocycles. The predicted molar refractivity (Wildman–Crippen MR) is 90.9 cm³/mol. The molecule has 0 aliphatic carbocycles. The number of rotatable bonds is 4. The summed E-state index contributed by atoms with van der Waals surface area (Å²) in [6.45, 7) is 0.830. The van der Waals surface area contributed by atoms with Gasteiger partial charge in [0.2, 0.25) is 0 Å². The Hall–Kier alpha value is -1.84. The second kappa shape index (κ2) is 6.29. The summed E-state index contributed by atoms with van der Waals surface area (Å²) < 4.78 is 7.00. The Morgan fingerprint density at radius 2 is 1.62 bits per heavy atom. The topological polar surface area (TPSA) is 21.3 Å². The molecule has 0 aliphatic heterocycles. The standard InChI is InChI=1S/C18H16BrNO/c1-20-12-15-7-9-17(11-18(15)19)21-16-8-6-13-4-2-3-5-14(13)10-16/h2-11,20H,12H2,1H3. The molecule has 2 nitrogen and oxygen atoms in total. The normalized spacial score (nSPS) is 10.8. The average Bonchev–Trinajstić information content (AvgIpc) is 2.50. The highest BCUT2D eigenvalue weighted by Crippen LogP contribution is 2.29. The van der Waals surface area contributed by atoms with Gasteiger partial charge in [-0.2, -0.15) is 0 Å². The number of hydrogen-bond donors (Lipinski definition) is 1. The van der Waals surface area contributed by atoms with Crippen LogP contribution in [-0.2, 0) is 6.54 Å². The summed E-state index contributed by atoms with van der Waals surface area (Å²) in [5.74, 6) is 1.68. The fraction of sp³-hybridized carbons (Fsp3) is 0.111. The van der Waals surface area contributed by atoms with E-state index in [1.54, 1.807) is 0 Å². The van der Waals surface area contributed by atoms with Crippen LogP contribution >= 0.6 is 15.9 Å². The second-order valence-electron chi connectivity index (χ2n) is 4.89. The van der Waals surface area contributed by atoms with Crippen molar-refractivity contribution < 1.29 is 4.74 Å². The number of fused-ring (bicyclic) bond motifs is 1. The van der Waals surface area contributed by atoms with Crippen LogP contribution in [0.2, 0.25) is 0 Å². The highest BCUT2D eigenvalue weighted by atomic mass is 79.9. The van der Waals surface area contributed by atoms with E-state index in [-0.39, 0.29) is 0 Å². The van der Waals surface area contributed by atoms with Gasteiger partial charge in [-0.25, -0.2) is 0 Å². The van der Waals surface area contributed by atoms with Gasteiger partial charge in [-0.15, -0.1) is 0 Å². The molecule has 3 rings (SSSR count). The van der Waals surface area contributed by atoms with E-state index >= 15 is 0 Å². The van der Waals surface area contributed by atoms with Gasteiger partial charge < -0.3 is 10.1 Å². The molecular formula is C18H16BrNO. The molecule has 0 atom stereocenters. The van der Waals surface area contributed by atoms with E-state index < -0.39 is 0 Å². The van der Waals surface area contributed by atoms with Crippen molar-refractivity contribution in [2.45, 2.75) is 6.54 Å². The molecule has 21 heavy (non-hydrogen) atoms. The molecule has 0 spiro atoms.